The fourth-order valence-electron chi connectivity index (χ4n) is 2.50. The van der Waals surface area contributed by atoms with Gasteiger partial charge in [-0.05, 0) is 49.1 Å². The first-order chi connectivity index (χ1) is 9.15. The van der Waals surface area contributed by atoms with E-state index in [1.54, 1.807) is 12.1 Å². The van der Waals surface area contributed by atoms with Crippen LogP contribution >= 0.6 is 11.6 Å². The minimum Gasteiger partial charge on any atom is -0.294 e. The zero-order valence-electron chi connectivity index (χ0n) is 10.8. The molecule has 1 nitrogen and oxygen atoms in total. The normalized spacial score (nSPS) is 21.2. The molecule has 1 fully saturated rings. The third-order valence-corrected chi connectivity index (χ3v) is 4.01. The van der Waals surface area contributed by atoms with Gasteiger partial charge in [-0.25, -0.2) is 0 Å². The van der Waals surface area contributed by atoms with Crippen molar-refractivity contribution in [3.63, 3.8) is 0 Å². The Hall–Kier alpha value is -1.60. The molecule has 3 rings (SSSR count). The van der Waals surface area contributed by atoms with Crippen molar-refractivity contribution in [1.29, 1.82) is 0 Å². The van der Waals surface area contributed by atoms with Gasteiger partial charge in [-0.15, -0.1) is 0 Å². The second-order valence-electron chi connectivity index (χ2n) is 5.23. The van der Waals surface area contributed by atoms with Crippen molar-refractivity contribution in [2.24, 2.45) is 5.92 Å². The van der Waals surface area contributed by atoms with E-state index in [4.69, 9.17) is 11.6 Å². The summed E-state index contributed by atoms with van der Waals surface area (Å²) in [5.74, 6) is 0.773. The van der Waals surface area contributed by atoms with Crippen molar-refractivity contribution in [3.8, 4) is 0 Å². The summed E-state index contributed by atoms with van der Waals surface area (Å²) in [6.07, 6.45) is 0.963. The topological polar surface area (TPSA) is 17.1 Å². The van der Waals surface area contributed by atoms with E-state index in [0.29, 0.717) is 10.9 Å². The van der Waals surface area contributed by atoms with Gasteiger partial charge >= 0.3 is 0 Å². The van der Waals surface area contributed by atoms with Crippen LogP contribution < -0.4 is 0 Å². The molecule has 1 aliphatic rings. The van der Waals surface area contributed by atoms with Crippen molar-refractivity contribution >= 4 is 17.4 Å². The van der Waals surface area contributed by atoms with Crippen LogP contribution in [0.4, 0.5) is 0 Å². The van der Waals surface area contributed by atoms with Crippen molar-refractivity contribution in [2.45, 2.75) is 19.3 Å². The Labute approximate surface area is 118 Å². The lowest BCUT2D eigenvalue weighted by Gasteiger charge is -2.02. The summed E-state index contributed by atoms with van der Waals surface area (Å²) in [5, 5.41) is 0.669. The molecule has 2 heteroatoms. The van der Waals surface area contributed by atoms with E-state index in [0.717, 1.165) is 12.0 Å². The molecule has 19 heavy (non-hydrogen) atoms. The van der Waals surface area contributed by atoms with Gasteiger partial charge in [0.1, 0.15) is 0 Å². The Balaban J connectivity index is 1.74. The molecular formula is C17H15ClO. The summed E-state index contributed by atoms with van der Waals surface area (Å²) in [7, 11) is 0. The Morgan fingerprint density at radius 1 is 1.05 bits per heavy atom. The SMILES string of the molecule is Cc1ccc(C2CC2C(=O)c2ccc(Cl)cc2)cc1. The Morgan fingerprint density at radius 3 is 2.32 bits per heavy atom. The van der Waals surface area contributed by atoms with Crippen LogP contribution in [-0.4, -0.2) is 5.78 Å². The summed E-state index contributed by atoms with van der Waals surface area (Å²) in [6, 6.07) is 15.7. The number of rotatable bonds is 3. The van der Waals surface area contributed by atoms with Gasteiger partial charge in [-0.1, -0.05) is 41.4 Å². The number of hydrogen-bond acceptors (Lipinski definition) is 1. The van der Waals surface area contributed by atoms with Crippen molar-refractivity contribution < 1.29 is 4.79 Å². The van der Waals surface area contributed by atoms with Crippen LogP contribution in [0.15, 0.2) is 48.5 Å². The Bertz CT molecular complexity index is 598. The fraction of sp³-hybridized carbons (Fsp3) is 0.235. The van der Waals surface area contributed by atoms with E-state index >= 15 is 0 Å². The van der Waals surface area contributed by atoms with Crippen LogP contribution in [0.3, 0.4) is 0 Å². The number of aryl methyl sites for hydroxylation is 1. The van der Waals surface area contributed by atoms with E-state index in [9.17, 15) is 4.79 Å². The van der Waals surface area contributed by atoms with Gasteiger partial charge in [0.15, 0.2) is 5.78 Å². The largest absolute Gasteiger partial charge is 0.294 e. The van der Waals surface area contributed by atoms with Crippen molar-refractivity contribution in [1.82, 2.24) is 0 Å². The third-order valence-electron chi connectivity index (χ3n) is 3.76. The predicted molar refractivity (Wildman–Crippen MR) is 77.8 cm³/mol. The van der Waals surface area contributed by atoms with Gasteiger partial charge in [0.05, 0.1) is 0 Å². The maximum Gasteiger partial charge on any atom is 0.166 e. The number of Topliss-reactive ketones (excluding diaryl/α,β-unsaturated/α-hetero) is 1. The molecule has 1 aliphatic carbocycles. The highest BCUT2D eigenvalue weighted by molar-refractivity contribution is 6.30. The Kier molecular flexibility index (Phi) is 3.16. The molecule has 2 unspecified atom stereocenters. The number of hydrogen-bond donors (Lipinski definition) is 0. The van der Waals surface area contributed by atoms with Crippen LogP contribution in [0.25, 0.3) is 0 Å². The number of halogens is 1. The second kappa shape index (κ2) is 4.82. The average Bonchev–Trinajstić information content (AvgIpc) is 3.20. The summed E-state index contributed by atoms with van der Waals surface area (Å²) in [5.41, 5.74) is 3.30. The van der Waals surface area contributed by atoms with Gasteiger partial charge in [-0.2, -0.15) is 0 Å². The van der Waals surface area contributed by atoms with Crippen LogP contribution in [0, 0.1) is 12.8 Å². The molecule has 2 atom stereocenters. The van der Waals surface area contributed by atoms with Gasteiger partial charge < -0.3 is 0 Å². The monoisotopic (exact) mass is 270 g/mol. The fourth-order valence-corrected chi connectivity index (χ4v) is 2.62. The van der Waals surface area contributed by atoms with Gasteiger partial charge in [-0.3, -0.25) is 4.79 Å². The third kappa shape index (κ3) is 2.57. The molecule has 0 heterocycles. The van der Waals surface area contributed by atoms with Crippen LogP contribution in [0.1, 0.15) is 33.8 Å². The maximum atomic E-state index is 12.3. The summed E-state index contributed by atoms with van der Waals surface area (Å²) in [4.78, 5) is 12.3. The van der Waals surface area contributed by atoms with Crippen molar-refractivity contribution in [3.05, 3.63) is 70.2 Å². The van der Waals surface area contributed by atoms with Gasteiger partial charge in [0.25, 0.3) is 0 Å². The van der Waals surface area contributed by atoms with Gasteiger partial charge in [0, 0.05) is 16.5 Å². The standard InChI is InChI=1S/C17H15ClO/c1-11-2-4-12(5-3-11)15-10-16(15)17(19)13-6-8-14(18)9-7-13/h2-9,15-16H,10H2,1H3. The summed E-state index contributed by atoms with van der Waals surface area (Å²) >= 11 is 5.84. The zero-order chi connectivity index (χ0) is 13.4. The summed E-state index contributed by atoms with van der Waals surface area (Å²) in [6.45, 7) is 2.08. The van der Waals surface area contributed by atoms with E-state index in [-0.39, 0.29) is 11.7 Å². The van der Waals surface area contributed by atoms with Crippen molar-refractivity contribution in [2.75, 3.05) is 0 Å². The van der Waals surface area contributed by atoms with E-state index in [1.807, 2.05) is 12.1 Å². The van der Waals surface area contributed by atoms with E-state index in [1.165, 1.54) is 11.1 Å². The highest BCUT2D eigenvalue weighted by Gasteiger charge is 2.43. The Morgan fingerprint density at radius 2 is 1.68 bits per heavy atom. The van der Waals surface area contributed by atoms with Crippen LogP contribution in [-0.2, 0) is 0 Å². The average molecular weight is 271 g/mol. The number of carbonyl (C=O) groups is 1. The lowest BCUT2D eigenvalue weighted by atomic mass is 10.0. The minimum atomic E-state index is 0.142. The molecule has 0 N–H and O–H groups in total. The second-order valence-corrected chi connectivity index (χ2v) is 5.67. The van der Waals surface area contributed by atoms with Crippen LogP contribution in [0.2, 0.25) is 5.02 Å². The molecule has 0 bridgehead atoms. The van der Waals surface area contributed by atoms with Gasteiger partial charge in [0.2, 0.25) is 0 Å². The first-order valence-corrected chi connectivity index (χ1v) is 6.89. The first-order valence-electron chi connectivity index (χ1n) is 6.51. The molecule has 0 aliphatic heterocycles. The molecule has 2 aromatic rings. The molecule has 0 radical (unpaired) electrons. The highest BCUT2D eigenvalue weighted by atomic mass is 35.5. The summed E-state index contributed by atoms with van der Waals surface area (Å²) < 4.78 is 0. The maximum absolute atomic E-state index is 12.3. The zero-order valence-corrected chi connectivity index (χ0v) is 11.5. The number of ketones is 1. The lowest BCUT2D eigenvalue weighted by Crippen LogP contribution is -2.02. The smallest absolute Gasteiger partial charge is 0.166 e. The lowest BCUT2D eigenvalue weighted by molar-refractivity contribution is 0.0965. The molecule has 0 aromatic heterocycles. The molecule has 96 valence electrons. The predicted octanol–water partition coefficient (Wildman–Crippen LogP) is 4.63. The van der Waals surface area contributed by atoms with E-state index in [2.05, 4.69) is 31.2 Å². The quantitative estimate of drug-likeness (QED) is 0.743. The molecule has 0 saturated heterocycles. The number of carbonyl (C=O) groups excluding carboxylic acids is 1. The first kappa shape index (κ1) is 12.4. The van der Waals surface area contributed by atoms with Crippen LogP contribution in [0.5, 0.6) is 0 Å². The molecule has 2 aromatic carbocycles. The van der Waals surface area contributed by atoms with E-state index < -0.39 is 0 Å². The molecular weight excluding hydrogens is 256 g/mol. The molecule has 1 saturated carbocycles. The molecule has 0 spiro atoms. The highest BCUT2D eigenvalue weighted by Crippen LogP contribution is 2.49. The molecule has 0 amide bonds. The minimum absolute atomic E-state index is 0.142. The number of benzene rings is 2.